The summed E-state index contributed by atoms with van der Waals surface area (Å²) in [7, 11) is -3.67. The van der Waals surface area contributed by atoms with E-state index in [-0.39, 0.29) is 10.9 Å². The van der Waals surface area contributed by atoms with E-state index in [0.717, 1.165) is 30.5 Å². The molecule has 0 bridgehead atoms. The average molecular weight is 324 g/mol. The Kier molecular flexibility index (Phi) is 3.78. The summed E-state index contributed by atoms with van der Waals surface area (Å²) >= 11 is 0. The second-order valence-electron chi connectivity index (χ2n) is 5.47. The second-order valence-corrected chi connectivity index (χ2v) is 7.36. The molecule has 1 fully saturated rings. The molecule has 2 heterocycles. The summed E-state index contributed by atoms with van der Waals surface area (Å²) in [6.07, 6.45) is 1.50. The summed E-state index contributed by atoms with van der Waals surface area (Å²) in [5.74, 6) is 0.186. The van der Waals surface area contributed by atoms with Gasteiger partial charge in [0.1, 0.15) is 11.6 Å². The molecule has 1 aliphatic rings. The lowest BCUT2D eigenvalue weighted by Gasteiger charge is -2.24. The van der Waals surface area contributed by atoms with Gasteiger partial charge in [-0.15, -0.1) is 0 Å². The number of halogens is 1. The Balaban J connectivity index is 2.01. The van der Waals surface area contributed by atoms with Gasteiger partial charge in [-0.3, -0.25) is 0 Å². The molecule has 0 unspecified atom stereocenters. The first-order chi connectivity index (χ1) is 10.4. The van der Waals surface area contributed by atoms with Gasteiger partial charge in [0.25, 0.3) is 0 Å². The molecule has 118 valence electrons. The zero-order valence-corrected chi connectivity index (χ0v) is 13.2. The van der Waals surface area contributed by atoms with Crippen LogP contribution in [0.4, 0.5) is 4.39 Å². The van der Waals surface area contributed by atoms with E-state index in [1.807, 2.05) is 6.92 Å². The Morgan fingerprint density at radius 2 is 1.95 bits per heavy atom. The maximum atomic E-state index is 13.0. The standard InChI is InChI=1S/C15H17FN2O3S/c1-10-15(11(2)21-17-10)14-4-3-9-18(14)22(19,20)13-7-5-12(16)6-8-13/h5-8,14H,3-4,9H2,1-2H3/t14-/m1/s1. The Hall–Kier alpha value is -1.73. The Morgan fingerprint density at radius 1 is 1.27 bits per heavy atom. The first-order valence-electron chi connectivity index (χ1n) is 7.11. The van der Waals surface area contributed by atoms with Crippen molar-refractivity contribution in [1.29, 1.82) is 0 Å². The highest BCUT2D eigenvalue weighted by Gasteiger charge is 2.38. The molecule has 1 aliphatic heterocycles. The quantitative estimate of drug-likeness (QED) is 0.871. The maximum Gasteiger partial charge on any atom is 0.243 e. The molecule has 2 aromatic rings. The van der Waals surface area contributed by atoms with Gasteiger partial charge in [-0.2, -0.15) is 4.31 Å². The zero-order chi connectivity index (χ0) is 15.9. The third-order valence-electron chi connectivity index (χ3n) is 4.05. The second kappa shape index (κ2) is 5.48. The Labute approximate surface area is 128 Å². The van der Waals surface area contributed by atoms with Crippen molar-refractivity contribution >= 4 is 10.0 Å². The van der Waals surface area contributed by atoms with Gasteiger partial charge in [0.15, 0.2) is 0 Å². The number of aromatic nitrogens is 1. The Morgan fingerprint density at radius 3 is 2.55 bits per heavy atom. The van der Waals surface area contributed by atoms with Crippen LogP contribution >= 0.6 is 0 Å². The van der Waals surface area contributed by atoms with Crippen molar-refractivity contribution in [1.82, 2.24) is 9.46 Å². The maximum absolute atomic E-state index is 13.0. The molecule has 0 radical (unpaired) electrons. The molecule has 0 amide bonds. The summed E-state index contributed by atoms with van der Waals surface area (Å²) in [6, 6.07) is 4.64. The van der Waals surface area contributed by atoms with E-state index in [2.05, 4.69) is 5.16 Å². The molecule has 0 spiro atoms. The number of rotatable bonds is 3. The van der Waals surface area contributed by atoms with Crippen molar-refractivity contribution in [3.05, 3.63) is 47.1 Å². The van der Waals surface area contributed by atoms with Crippen LogP contribution in [-0.4, -0.2) is 24.4 Å². The van der Waals surface area contributed by atoms with Gasteiger partial charge in [0.05, 0.1) is 16.6 Å². The zero-order valence-electron chi connectivity index (χ0n) is 12.4. The molecule has 1 aromatic heterocycles. The predicted octanol–water partition coefficient (Wildman–Crippen LogP) is 2.96. The third-order valence-corrected chi connectivity index (χ3v) is 5.97. The fraction of sp³-hybridized carbons (Fsp3) is 0.400. The molecule has 7 heteroatoms. The van der Waals surface area contributed by atoms with Crippen molar-refractivity contribution in [2.75, 3.05) is 6.54 Å². The van der Waals surface area contributed by atoms with Crippen LogP contribution in [0.2, 0.25) is 0 Å². The van der Waals surface area contributed by atoms with E-state index in [9.17, 15) is 12.8 Å². The SMILES string of the molecule is Cc1noc(C)c1[C@H]1CCCN1S(=O)(=O)c1ccc(F)cc1. The summed E-state index contributed by atoms with van der Waals surface area (Å²) in [4.78, 5) is 0.104. The van der Waals surface area contributed by atoms with E-state index in [1.165, 1.54) is 16.4 Å². The molecule has 1 atom stereocenters. The third kappa shape index (κ3) is 2.44. The highest BCUT2D eigenvalue weighted by atomic mass is 32.2. The molecule has 0 N–H and O–H groups in total. The number of aryl methyl sites for hydroxylation is 2. The van der Waals surface area contributed by atoms with Crippen molar-refractivity contribution < 1.29 is 17.3 Å². The summed E-state index contributed by atoms with van der Waals surface area (Å²) in [5, 5.41) is 3.92. The molecule has 3 rings (SSSR count). The van der Waals surface area contributed by atoms with Crippen LogP contribution in [0.1, 0.15) is 35.9 Å². The monoisotopic (exact) mass is 324 g/mol. The van der Waals surface area contributed by atoms with Crippen LogP contribution in [-0.2, 0) is 10.0 Å². The van der Waals surface area contributed by atoms with Crippen LogP contribution in [0.5, 0.6) is 0 Å². The summed E-state index contributed by atoms with van der Waals surface area (Å²) in [5.41, 5.74) is 1.55. The smallest absolute Gasteiger partial charge is 0.243 e. The van der Waals surface area contributed by atoms with Gasteiger partial charge < -0.3 is 4.52 Å². The lowest BCUT2D eigenvalue weighted by molar-refractivity contribution is 0.376. The van der Waals surface area contributed by atoms with Crippen LogP contribution in [0.25, 0.3) is 0 Å². The van der Waals surface area contributed by atoms with Gasteiger partial charge in [-0.05, 0) is 51.0 Å². The average Bonchev–Trinajstić information content (AvgIpc) is 3.06. The minimum absolute atomic E-state index is 0.104. The van der Waals surface area contributed by atoms with Crippen LogP contribution in [0, 0.1) is 19.7 Å². The van der Waals surface area contributed by atoms with E-state index in [0.29, 0.717) is 18.0 Å². The van der Waals surface area contributed by atoms with Crippen LogP contribution in [0.3, 0.4) is 0 Å². The molecule has 5 nitrogen and oxygen atoms in total. The summed E-state index contributed by atoms with van der Waals surface area (Å²) < 4.78 is 45.3. The lowest BCUT2D eigenvalue weighted by atomic mass is 10.0. The molecule has 0 aliphatic carbocycles. The van der Waals surface area contributed by atoms with Gasteiger partial charge in [-0.25, -0.2) is 12.8 Å². The highest BCUT2D eigenvalue weighted by Crippen LogP contribution is 2.39. The van der Waals surface area contributed by atoms with Gasteiger partial charge >= 0.3 is 0 Å². The van der Waals surface area contributed by atoms with Crippen molar-refractivity contribution in [2.24, 2.45) is 0 Å². The molecule has 22 heavy (non-hydrogen) atoms. The number of benzene rings is 1. The van der Waals surface area contributed by atoms with E-state index >= 15 is 0 Å². The van der Waals surface area contributed by atoms with Gasteiger partial charge in [-0.1, -0.05) is 5.16 Å². The topological polar surface area (TPSA) is 63.4 Å². The molecule has 1 aromatic carbocycles. The molecular weight excluding hydrogens is 307 g/mol. The van der Waals surface area contributed by atoms with Gasteiger partial charge in [0.2, 0.25) is 10.0 Å². The number of hydrogen-bond donors (Lipinski definition) is 0. The van der Waals surface area contributed by atoms with Crippen molar-refractivity contribution in [3.8, 4) is 0 Å². The fourth-order valence-corrected chi connectivity index (χ4v) is 4.69. The molecule has 0 saturated carbocycles. The van der Waals surface area contributed by atoms with Crippen molar-refractivity contribution in [3.63, 3.8) is 0 Å². The largest absolute Gasteiger partial charge is 0.361 e. The lowest BCUT2D eigenvalue weighted by Crippen LogP contribution is -2.31. The van der Waals surface area contributed by atoms with Crippen LogP contribution < -0.4 is 0 Å². The van der Waals surface area contributed by atoms with E-state index in [1.54, 1.807) is 6.92 Å². The number of nitrogens with zero attached hydrogens (tertiary/aromatic N) is 2. The Bertz CT molecular complexity index is 764. The number of sulfonamides is 1. The predicted molar refractivity (Wildman–Crippen MR) is 78.2 cm³/mol. The minimum Gasteiger partial charge on any atom is -0.361 e. The minimum atomic E-state index is -3.67. The fourth-order valence-electron chi connectivity index (χ4n) is 3.02. The summed E-state index contributed by atoms with van der Waals surface area (Å²) in [6.45, 7) is 4.04. The highest BCUT2D eigenvalue weighted by molar-refractivity contribution is 7.89. The molecular formula is C15H17FN2O3S. The first kappa shape index (κ1) is 15.2. The normalized spacial score (nSPS) is 19.7. The number of hydrogen-bond acceptors (Lipinski definition) is 4. The first-order valence-corrected chi connectivity index (χ1v) is 8.55. The van der Waals surface area contributed by atoms with Gasteiger partial charge in [0, 0.05) is 12.1 Å². The van der Waals surface area contributed by atoms with E-state index in [4.69, 9.17) is 4.52 Å². The van der Waals surface area contributed by atoms with Crippen molar-refractivity contribution in [2.45, 2.75) is 37.6 Å². The van der Waals surface area contributed by atoms with E-state index < -0.39 is 15.8 Å². The van der Waals surface area contributed by atoms with Crippen LogP contribution in [0.15, 0.2) is 33.7 Å². The molecule has 1 saturated heterocycles.